The highest BCUT2D eigenvalue weighted by Crippen LogP contribution is 2.24. The van der Waals surface area contributed by atoms with Gasteiger partial charge in [-0.15, -0.1) is 6.58 Å². The fraction of sp³-hybridized carbons (Fsp3) is 0.500. The summed E-state index contributed by atoms with van der Waals surface area (Å²) >= 11 is 1.65. The molecule has 0 aliphatic carbocycles. The first-order valence-corrected chi connectivity index (χ1v) is 7.93. The molecular formula is C16H24FNOS. The van der Waals surface area contributed by atoms with Crippen LogP contribution in [0, 0.1) is 11.7 Å². The van der Waals surface area contributed by atoms with Crippen LogP contribution in [0.3, 0.4) is 0 Å². The van der Waals surface area contributed by atoms with E-state index in [2.05, 4.69) is 18.2 Å². The summed E-state index contributed by atoms with van der Waals surface area (Å²) in [7, 11) is 0. The second-order valence-corrected chi connectivity index (χ2v) is 6.09. The van der Waals surface area contributed by atoms with Gasteiger partial charge in [-0.25, -0.2) is 4.39 Å². The number of allylic oxidation sites excluding steroid dienone is 1. The van der Waals surface area contributed by atoms with Crippen molar-refractivity contribution in [2.75, 3.05) is 12.4 Å². The minimum absolute atomic E-state index is 0.145. The summed E-state index contributed by atoms with van der Waals surface area (Å²) in [5, 5.41) is 0. The Balaban J connectivity index is 2.60. The van der Waals surface area contributed by atoms with Crippen molar-refractivity contribution in [3.63, 3.8) is 0 Å². The van der Waals surface area contributed by atoms with Gasteiger partial charge in [-0.3, -0.25) is 4.72 Å². The van der Waals surface area contributed by atoms with Crippen LogP contribution in [0.4, 0.5) is 4.39 Å². The SMILES string of the molecule is C=CCCSNC(C)c1ccc(F)c(OCC(C)C)c1. The van der Waals surface area contributed by atoms with Gasteiger partial charge >= 0.3 is 0 Å². The highest BCUT2D eigenvalue weighted by atomic mass is 32.2. The lowest BCUT2D eigenvalue weighted by molar-refractivity contribution is 0.259. The van der Waals surface area contributed by atoms with Gasteiger partial charge in [-0.2, -0.15) is 0 Å². The first kappa shape index (κ1) is 17.1. The van der Waals surface area contributed by atoms with Crippen LogP contribution in [0.1, 0.15) is 38.8 Å². The molecule has 112 valence electrons. The topological polar surface area (TPSA) is 21.3 Å². The first-order chi connectivity index (χ1) is 9.54. The minimum Gasteiger partial charge on any atom is -0.490 e. The van der Waals surface area contributed by atoms with E-state index in [4.69, 9.17) is 4.74 Å². The van der Waals surface area contributed by atoms with Gasteiger partial charge in [0.05, 0.1) is 6.61 Å². The zero-order chi connectivity index (χ0) is 15.0. The Morgan fingerprint density at radius 2 is 2.15 bits per heavy atom. The largest absolute Gasteiger partial charge is 0.490 e. The fourth-order valence-electron chi connectivity index (χ4n) is 1.55. The maximum Gasteiger partial charge on any atom is 0.165 e. The van der Waals surface area contributed by atoms with Crippen molar-refractivity contribution < 1.29 is 9.13 Å². The van der Waals surface area contributed by atoms with Crippen molar-refractivity contribution in [3.05, 3.63) is 42.2 Å². The molecule has 0 amide bonds. The molecule has 0 saturated heterocycles. The van der Waals surface area contributed by atoms with Crippen LogP contribution in [-0.4, -0.2) is 12.4 Å². The molecule has 0 saturated carbocycles. The smallest absolute Gasteiger partial charge is 0.165 e. The van der Waals surface area contributed by atoms with Crippen LogP contribution in [0.25, 0.3) is 0 Å². The monoisotopic (exact) mass is 297 g/mol. The Morgan fingerprint density at radius 1 is 1.40 bits per heavy atom. The predicted molar refractivity (Wildman–Crippen MR) is 85.6 cm³/mol. The zero-order valence-electron chi connectivity index (χ0n) is 12.5. The Morgan fingerprint density at radius 3 is 2.80 bits per heavy atom. The van der Waals surface area contributed by atoms with E-state index in [0.29, 0.717) is 18.3 Å². The molecule has 0 fully saturated rings. The number of hydrogen-bond donors (Lipinski definition) is 1. The normalized spacial score (nSPS) is 12.4. The number of benzene rings is 1. The molecule has 1 aromatic rings. The predicted octanol–water partition coefficient (Wildman–Crippen LogP) is 4.74. The number of rotatable bonds is 9. The molecule has 1 rings (SSSR count). The summed E-state index contributed by atoms with van der Waals surface area (Å²) in [5.41, 5.74) is 1.02. The van der Waals surface area contributed by atoms with Gasteiger partial charge in [-0.05, 0) is 37.0 Å². The maximum absolute atomic E-state index is 13.7. The lowest BCUT2D eigenvalue weighted by Gasteiger charge is -2.16. The number of hydrogen-bond acceptors (Lipinski definition) is 3. The maximum atomic E-state index is 13.7. The average molecular weight is 297 g/mol. The average Bonchev–Trinajstić information content (AvgIpc) is 2.42. The van der Waals surface area contributed by atoms with Gasteiger partial charge in [0.1, 0.15) is 0 Å². The summed E-state index contributed by atoms with van der Waals surface area (Å²) < 4.78 is 22.5. The van der Waals surface area contributed by atoms with E-state index >= 15 is 0 Å². The van der Waals surface area contributed by atoms with Gasteiger partial charge in [-0.1, -0.05) is 37.9 Å². The quantitative estimate of drug-likeness (QED) is 0.404. The van der Waals surface area contributed by atoms with Crippen molar-refractivity contribution in [2.24, 2.45) is 5.92 Å². The summed E-state index contributed by atoms with van der Waals surface area (Å²) in [6.07, 6.45) is 2.87. The molecule has 1 atom stereocenters. The standard InChI is InChI=1S/C16H24FNOS/c1-5-6-9-20-18-13(4)14-7-8-15(17)16(10-14)19-11-12(2)3/h5,7-8,10,12-13,18H,1,6,9,11H2,2-4H3. The Hall–Kier alpha value is -1.00. The fourth-order valence-corrected chi connectivity index (χ4v) is 2.34. The molecule has 0 heterocycles. The molecule has 0 bridgehead atoms. The highest BCUT2D eigenvalue weighted by Gasteiger charge is 2.10. The summed E-state index contributed by atoms with van der Waals surface area (Å²) in [4.78, 5) is 0. The molecule has 1 N–H and O–H groups in total. The lowest BCUT2D eigenvalue weighted by Crippen LogP contribution is -2.12. The number of halogens is 1. The highest BCUT2D eigenvalue weighted by molar-refractivity contribution is 7.97. The molecular weight excluding hydrogens is 273 g/mol. The number of ether oxygens (including phenoxy) is 1. The van der Waals surface area contributed by atoms with E-state index in [1.54, 1.807) is 24.1 Å². The molecule has 0 aromatic heterocycles. The molecule has 1 aromatic carbocycles. The van der Waals surface area contributed by atoms with Gasteiger partial charge in [0.25, 0.3) is 0 Å². The van der Waals surface area contributed by atoms with Crippen molar-refractivity contribution in [1.29, 1.82) is 0 Å². The molecule has 0 aliphatic rings. The Kier molecular flexibility index (Phi) is 7.70. The lowest BCUT2D eigenvalue weighted by atomic mass is 10.1. The van der Waals surface area contributed by atoms with E-state index in [0.717, 1.165) is 17.7 Å². The zero-order valence-corrected chi connectivity index (χ0v) is 13.3. The molecule has 0 aliphatic heterocycles. The van der Waals surface area contributed by atoms with E-state index in [9.17, 15) is 4.39 Å². The molecule has 20 heavy (non-hydrogen) atoms. The summed E-state index contributed by atoms with van der Waals surface area (Å²) in [6.45, 7) is 10.4. The third-order valence-electron chi connectivity index (χ3n) is 2.71. The molecule has 0 radical (unpaired) electrons. The number of nitrogens with one attached hydrogen (secondary N) is 1. The van der Waals surface area contributed by atoms with Gasteiger partial charge in [0.15, 0.2) is 11.6 Å². The van der Waals surface area contributed by atoms with E-state index in [-0.39, 0.29) is 11.9 Å². The van der Waals surface area contributed by atoms with Crippen LogP contribution < -0.4 is 9.46 Å². The first-order valence-electron chi connectivity index (χ1n) is 6.95. The minimum atomic E-state index is -0.305. The summed E-state index contributed by atoms with van der Waals surface area (Å²) in [5.74, 6) is 1.39. The third-order valence-corrected chi connectivity index (χ3v) is 3.67. The van der Waals surface area contributed by atoms with Crippen LogP contribution >= 0.6 is 11.9 Å². The molecule has 0 spiro atoms. The second kappa shape index (κ2) is 9.03. The summed E-state index contributed by atoms with van der Waals surface area (Å²) in [6, 6.07) is 5.19. The Labute approximate surface area is 125 Å². The third kappa shape index (κ3) is 5.97. The van der Waals surface area contributed by atoms with Gasteiger partial charge < -0.3 is 4.74 Å². The van der Waals surface area contributed by atoms with Crippen molar-refractivity contribution >= 4 is 11.9 Å². The van der Waals surface area contributed by atoms with E-state index in [1.807, 2.05) is 19.9 Å². The van der Waals surface area contributed by atoms with Crippen LogP contribution in [0.5, 0.6) is 5.75 Å². The van der Waals surface area contributed by atoms with E-state index in [1.165, 1.54) is 6.07 Å². The van der Waals surface area contributed by atoms with Gasteiger partial charge in [0, 0.05) is 11.8 Å². The van der Waals surface area contributed by atoms with E-state index < -0.39 is 0 Å². The van der Waals surface area contributed by atoms with Crippen LogP contribution in [-0.2, 0) is 0 Å². The van der Waals surface area contributed by atoms with Crippen molar-refractivity contribution in [3.8, 4) is 5.75 Å². The van der Waals surface area contributed by atoms with Crippen LogP contribution in [0.15, 0.2) is 30.9 Å². The van der Waals surface area contributed by atoms with Crippen molar-refractivity contribution in [1.82, 2.24) is 4.72 Å². The Bertz CT molecular complexity index is 423. The second-order valence-electron chi connectivity index (χ2n) is 5.16. The van der Waals surface area contributed by atoms with Gasteiger partial charge in [0.2, 0.25) is 0 Å². The van der Waals surface area contributed by atoms with Crippen molar-refractivity contribution in [2.45, 2.75) is 33.2 Å². The molecule has 1 unspecified atom stereocenters. The molecule has 4 heteroatoms. The molecule has 2 nitrogen and oxygen atoms in total. The van der Waals surface area contributed by atoms with Crippen LogP contribution in [0.2, 0.25) is 0 Å².